The van der Waals surface area contributed by atoms with Crippen molar-refractivity contribution < 1.29 is 17.7 Å². The fourth-order valence-corrected chi connectivity index (χ4v) is 4.26. The summed E-state index contributed by atoms with van der Waals surface area (Å²) >= 11 is 0. The number of para-hydroxylation sites is 1. The first-order valence-corrected chi connectivity index (χ1v) is 8.17. The monoisotopic (exact) mass is 337 g/mol. The van der Waals surface area contributed by atoms with Gasteiger partial charge in [-0.2, -0.15) is 13.2 Å². The molecule has 0 bridgehead atoms. The highest BCUT2D eigenvalue weighted by atomic mass is 19.4. The molecule has 0 N–H and O–H groups in total. The van der Waals surface area contributed by atoms with Gasteiger partial charge in [0.1, 0.15) is 5.82 Å². The topological polar surface area (TPSA) is 29.0 Å². The SMILES string of the molecule is C[N+]1(C)CC2CCN(c3nc(C(F)(F)F)nc4ccccc34)C2C1. The van der Waals surface area contributed by atoms with Crippen LogP contribution in [0.1, 0.15) is 12.2 Å². The van der Waals surface area contributed by atoms with Crippen molar-refractivity contribution in [2.45, 2.75) is 18.6 Å². The van der Waals surface area contributed by atoms with E-state index in [9.17, 15) is 13.2 Å². The minimum Gasteiger partial charge on any atom is -0.347 e. The number of benzene rings is 1. The molecule has 1 aromatic carbocycles. The van der Waals surface area contributed by atoms with Gasteiger partial charge in [0.2, 0.25) is 5.82 Å². The van der Waals surface area contributed by atoms with Gasteiger partial charge in [-0.1, -0.05) is 12.1 Å². The maximum absolute atomic E-state index is 13.2. The van der Waals surface area contributed by atoms with Crippen LogP contribution in [0.2, 0.25) is 0 Å². The van der Waals surface area contributed by atoms with Gasteiger partial charge in [-0.15, -0.1) is 0 Å². The summed E-state index contributed by atoms with van der Waals surface area (Å²) in [6.07, 6.45) is -3.53. The van der Waals surface area contributed by atoms with Gasteiger partial charge >= 0.3 is 6.18 Å². The van der Waals surface area contributed by atoms with Crippen LogP contribution >= 0.6 is 0 Å². The summed E-state index contributed by atoms with van der Waals surface area (Å²) in [5.74, 6) is -0.100. The van der Waals surface area contributed by atoms with Crippen molar-refractivity contribution in [3.63, 3.8) is 0 Å². The standard InChI is InChI=1S/C17H20F3N4/c1-24(2)9-11-7-8-23(14(11)10-24)15-12-5-3-4-6-13(12)21-16(22-15)17(18,19)20/h3-6,11,14H,7-10H2,1-2H3/q+1. The number of rotatable bonds is 1. The molecule has 2 aliphatic rings. The number of anilines is 1. The first-order chi connectivity index (χ1) is 11.2. The van der Waals surface area contributed by atoms with Gasteiger partial charge in [-0.25, -0.2) is 9.97 Å². The summed E-state index contributed by atoms with van der Waals surface area (Å²) in [6.45, 7) is 2.76. The Bertz CT molecular complexity index is 787. The van der Waals surface area contributed by atoms with E-state index >= 15 is 0 Å². The lowest BCUT2D eigenvalue weighted by Gasteiger charge is -2.29. The number of nitrogens with zero attached hydrogens (tertiary/aromatic N) is 4. The molecular formula is C17H20F3N4+. The van der Waals surface area contributed by atoms with Gasteiger partial charge in [-0.05, 0) is 18.6 Å². The highest BCUT2D eigenvalue weighted by Gasteiger charge is 2.48. The van der Waals surface area contributed by atoms with Crippen molar-refractivity contribution >= 4 is 16.7 Å². The molecule has 4 rings (SSSR count). The minimum absolute atomic E-state index is 0.249. The van der Waals surface area contributed by atoms with E-state index < -0.39 is 12.0 Å². The van der Waals surface area contributed by atoms with E-state index in [-0.39, 0.29) is 6.04 Å². The molecule has 7 heteroatoms. The first kappa shape index (κ1) is 15.6. The van der Waals surface area contributed by atoms with Gasteiger partial charge < -0.3 is 9.38 Å². The predicted octanol–water partition coefficient (Wildman–Crippen LogP) is 2.93. The quantitative estimate of drug-likeness (QED) is 0.749. The summed E-state index contributed by atoms with van der Waals surface area (Å²) in [6, 6.07) is 7.22. The third-order valence-electron chi connectivity index (χ3n) is 5.20. The van der Waals surface area contributed by atoms with E-state index in [0.29, 0.717) is 22.6 Å². The number of hydrogen-bond donors (Lipinski definition) is 0. The molecule has 2 atom stereocenters. The lowest BCUT2D eigenvalue weighted by molar-refractivity contribution is -0.879. The molecule has 24 heavy (non-hydrogen) atoms. The Kier molecular flexibility index (Phi) is 3.29. The Hall–Kier alpha value is -1.89. The Morgan fingerprint density at radius 2 is 1.88 bits per heavy atom. The van der Waals surface area contributed by atoms with Crippen LogP contribution in [-0.4, -0.2) is 54.2 Å². The van der Waals surface area contributed by atoms with Crippen LogP contribution in [0.15, 0.2) is 24.3 Å². The third kappa shape index (κ3) is 2.51. The number of hydrogen-bond acceptors (Lipinski definition) is 3. The van der Waals surface area contributed by atoms with Crippen LogP contribution in [0.4, 0.5) is 19.0 Å². The van der Waals surface area contributed by atoms with Crippen molar-refractivity contribution in [1.29, 1.82) is 0 Å². The van der Waals surface area contributed by atoms with Gasteiger partial charge in [-0.3, -0.25) is 0 Å². The van der Waals surface area contributed by atoms with Crippen LogP contribution in [0.5, 0.6) is 0 Å². The molecule has 0 radical (unpaired) electrons. The van der Waals surface area contributed by atoms with Crippen molar-refractivity contribution in [3.8, 4) is 0 Å². The highest BCUT2D eigenvalue weighted by molar-refractivity contribution is 5.89. The number of fused-ring (bicyclic) bond motifs is 2. The number of likely N-dealkylation sites (N-methyl/N-ethyl adjacent to an activating group) is 1. The zero-order chi connectivity index (χ0) is 17.1. The highest BCUT2D eigenvalue weighted by Crippen LogP contribution is 2.39. The van der Waals surface area contributed by atoms with E-state index in [4.69, 9.17) is 0 Å². The molecule has 2 saturated heterocycles. The van der Waals surface area contributed by atoms with Gasteiger partial charge in [0.25, 0.3) is 0 Å². The number of aromatic nitrogens is 2. The van der Waals surface area contributed by atoms with Crippen LogP contribution in [0.3, 0.4) is 0 Å². The smallest absolute Gasteiger partial charge is 0.347 e. The third-order valence-corrected chi connectivity index (χ3v) is 5.20. The van der Waals surface area contributed by atoms with Crippen molar-refractivity contribution in [2.24, 2.45) is 5.92 Å². The molecule has 2 fully saturated rings. The lowest BCUT2D eigenvalue weighted by atomic mass is 10.1. The fraction of sp³-hybridized carbons (Fsp3) is 0.529. The minimum atomic E-state index is -4.54. The van der Waals surface area contributed by atoms with Crippen LogP contribution in [0.25, 0.3) is 10.9 Å². The summed E-state index contributed by atoms with van der Waals surface area (Å²) in [5.41, 5.74) is 0.352. The maximum Gasteiger partial charge on any atom is 0.451 e. The number of quaternary nitrogens is 1. The Morgan fingerprint density at radius 1 is 1.12 bits per heavy atom. The second-order valence-corrected chi connectivity index (χ2v) is 7.50. The molecule has 3 heterocycles. The Balaban J connectivity index is 1.84. The molecule has 2 aromatic rings. The Morgan fingerprint density at radius 3 is 2.62 bits per heavy atom. The average molecular weight is 337 g/mol. The molecular weight excluding hydrogens is 317 g/mol. The van der Waals surface area contributed by atoms with Crippen LogP contribution in [-0.2, 0) is 6.18 Å². The van der Waals surface area contributed by atoms with Crippen molar-refractivity contribution in [3.05, 3.63) is 30.1 Å². The summed E-state index contributed by atoms with van der Waals surface area (Å²) in [5, 5.41) is 0.698. The lowest BCUT2D eigenvalue weighted by Crippen LogP contribution is -2.42. The molecule has 0 spiro atoms. The largest absolute Gasteiger partial charge is 0.451 e. The maximum atomic E-state index is 13.2. The molecule has 2 unspecified atom stereocenters. The number of alkyl halides is 3. The normalized spacial score (nSPS) is 26.1. The average Bonchev–Trinajstić information content (AvgIpc) is 3.00. The van der Waals surface area contributed by atoms with Crippen LogP contribution < -0.4 is 4.90 Å². The van der Waals surface area contributed by atoms with E-state index in [1.54, 1.807) is 12.1 Å². The second kappa shape index (κ2) is 5.05. The molecule has 0 aliphatic carbocycles. The van der Waals surface area contributed by atoms with Gasteiger partial charge in [0, 0.05) is 17.8 Å². The fourth-order valence-electron chi connectivity index (χ4n) is 4.26. The van der Waals surface area contributed by atoms with Crippen LogP contribution in [0, 0.1) is 5.92 Å². The van der Waals surface area contributed by atoms with E-state index in [2.05, 4.69) is 29.0 Å². The van der Waals surface area contributed by atoms with Gasteiger partial charge in [0.05, 0.1) is 38.7 Å². The predicted molar refractivity (Wildman–Crippen MR) is 85.6 cm³/mol. The summed E-state index contributed by atoms with van der Waals surface area (Å²) in [4.78, 5) is 9.75. The van der Waals surface area contributed by atoms with E-state index in [1.165, 1.54) is 0 Å². The van der Waals surface area contributed by atoms with Gasteiger partial charge in [0.15, 0.2) is 0 Å². The zero-order valence-electron chi connectivity index (χ0n) is 13.7. The molecule has 4 nitrogen and oxygen atoms in total. The summed E-state index contributed by atoms with van der Waals surface area (Å²) in [7, 11) is 4.35. The van der Waals surface area contributed by atoms with Crippen molar-refractivity contribution in [1.82, 2.24) is 9.97 Å². The number of likely N-dealkylation sites (tertiary alicyclic amines) is 1. The van der Waals surface area contributed by atoms with E-state index in [1.807, 2.05) is 12.1 Å². The van der Waals surface area contributed by atoms with Crippen molar-refractivity contribution in [2.75, 3.05) is 38.6 Å². The summed E-state index contributed by atoms with van der Waals surface area (Å²) < 4.78 is 40.6. The second-order valence-electron chi connectivity index (χ2n) is 7.50. The molecule has 128 valence electrons. The molecule has 0 amide bonds. The molecule has 0 saturated carbocycles. The molecule has 1 aromatic heterocycles. The zero-order valence-corrected chi connectivity index (χ0v) is 13.7. The Labute approximate surface area is 138 Å². The van der Waals surface area contributed by atoms with E-state index in [0.717, 1.165) is 30.5 Å². The first-order valence-electron chi connectivity index (χ1n) is 8.17. The number of halogens is 3. The molecule has 2 aliphatic heterocycles.